The van der Waals surface area contributed by atoms with Gasteiger partial charge in [-0.3, -0.25) is 0 Å². The number of thiophene rings is 2. The van der Waals surface area contributed by atoms with Gasteiger partial charge in [-0.15, -0.1) is 22.7 Å². The van der Waals surface area contributed by atoms with Crippen LogP contribution in [-0.4, -0.2) is 10.4 Å². The number of nitrogens with zero attached hydrogens (tertiary/aromatic N) is 1. The monoisotopic (exact) mass is 527 g/mol. The van der Waals surface area contributed by atoms with E-state index in [0.29, 0.717) is 23.1 Å². The summed E-state index contributed by atoms with van der Waals surface area (Å²) in [6, 6.07) is 12.9. The molecule has 0 saturated heterocycles. The highest BCUT2D eigenvalue weighted by Gasteiger charge is 2.21. The van der Waals surface area contributed by atoms with Crippen LogP contribution in [0.2, 0.25) is 0 Å². The Balaban J connectivity index is 1.55. The molecule has 7 heteroatoms. The molecule has 2 heterocycles. The number of rotatable bonds is 7. The van der Waals surface area contributed by atoms with Crippen molar-refractivity contribution in [3.05, 3.63) is 80.5 Å². The average molecular weight is 528 g/mol. The molecule has 0 bridgehead atoms. The van der Waals surface area contributed by atoms with Crippen molar-refractivity contribution in [1.29, 1.82) is 0 Å². The molecule has 2 aromatic carbocycles. The zero-order chi connectivity index (χ0) is 24.9. The molecule has 1 N–H and O–H groups in total. The van der Waals surface area contributed by atoms with Crippen LogP contribution >= 0.6 is 34.3 Å². The summed E-state index contributed by atoms with van der Waals surface area (Å²) in [4.78, 5) is 2.46. The lowest BCUT2D eigenvalue weighted by Gasteiger charge is -2.13. The van der Waals surface area contributed by atoms with E-state index in [0.717, 1.165) is 16.9 Å². The summed E-state index contributed by atoms with van der Waals surface area (Å²) in [5.74, 6) is 4.72. The van der Waals surface area contributed by atoms with Crippen LogP contribution in [0.25, 0.3) is 20.5 Å². The summed E-state index contributed by atoms with van der Waals surface area (Å²) < 4.78 is 32.1. The van der Waals surface area contributed by atoms with Crippen LogP contribution in [0, 0.1) is 23.5 Å². The summed E-state index contributed by atoms with van der Waals surface area (Å²) in [7, 11) is 0. The van der Waals surface area contributed by atoms with Crippen molar-refractivity contribution >= 4 is 48.8 Å². The molecule has 2 nitrogen and oxygen atoms in total. The molecule has 0 spiro atoms. The van der Waals surface area contributed by atoms with E-state index in [-0.39, 0.29) is 0 Å². The minimum absolute atomic E-state index is 0.301. The van der Waals surface area contributed by atoms with Gasteiger partial charge in [0.1, 0.15) is 11.6 Å². The van der Waals surface area contributed by atoms with Gasteiger partial charge in [0.25, 0.3) is 0 Å². The summed E-state index contributed by atoms with van der Waals surface area (Å²) in [5, 5.41) is 11.0. The fourth-order valence-electron chi connectivity index (χ4n) is 3.99. The third-order valence-corrected chi connectivity index (χ3v) is 8.31. The van der Waals surface area contributed by atoms with Gasteiger partial charge in [0.2, 0.25) is 0 Å². The van der Waals surface area contributed by atoms with E-state index in [1.807, 2.05) is 23.5 Å². The number of hydrogen-bond acceptors (Lipinski definition) is 4. The lowest BCUT2D eigenvalue weighted by atomic mass is 9.94. The maximum absolute atomic E-state index is 14.9. The van der Waals surface area contributed by atoms with Crippen LogP contribution < -0.4 is 0 Å². The second kappa shape index (κ2) is 11.3. The minimum Gasteiger partial charge on any atom is -0.410 e. The van der Waals surface area contributed by atoms with Crippen molar-refractivity contribution in [2.45, 2.75) is 46.0 Å². The molecule has 4 rings (SSSR count). The van der Waals surface area contributed by atoms with Gasteiger partial charge in [-0.05, 0) is 66.3 Å². The predicted molar refractivity (Wildman–Crippen MR) is 144 cm³/mol. The van der Waals surface area contributed by atoms with Crippen molar-refractivity contribution < 1.29 is 14.0 Å². The Labute approximate surface area is 216 Å². The molecule has 0 aliphatic rings. The van der Waals surface area contributed by atoms with Crippen molar-refractivity contribution in [3.8, 4) is 23.0 Å². The first-order valence-corrected chi connectivity index (χ1v) is 13.5. The van der Waals surface area contributed by atoms with Gasteiger partial charge in [-0.1, -0.05) is 67.4 Å². The standard InChI is InChI=1S/C28H24ClF2NOS2/c1-3-5-6-7-19-14-24-25(34-19)15-20(35-24)13-10-17-8-11-18(12-9-17)22-16-23(30)26(28(29)32-33)27(31)21(22)4-2/h8-9,11-12,14-16,33H,3-7H2,1-2H3/b32-28-. The fourth-order valence-corrected chi connectivity index (χ4v) is 6.48. The topological polar surface area (TPSA) is 32.6 Å². The number of unbranched alkanes of at least 4 members (excludes halogenated alkanes) is 2. The zero-order valence-corrected chi connectivity index (χ0v) is 21.8. The molecule has 0 atom stereocenters. The molecule has 0 radical (unpaired) electrons. The molecule has 4 aromatic rings. The molecule has 0 amide bonds. The summed E-state index contributed by atoms with van der Waals surface area (Å²) in [5.41, 5.74) is 1.69. The van der Waals surface area contributed by atoms with E-state index >= 15 is 0 Å². The maximum Gasteiger partial charge on any atom is 0.181 e. The van der Waals surface area contributed by atoms with Crippen molar-refractivity contribution in [2.75, 3.05) is 0 Å². The van der Waals surface area contributed by atoms with Crippen molar-refractivity contribution in [2.24, 2.45) is 5.16 Å². The third-order valence-electron chi connectivity index (χ3n) is 5.78. The molecular weight excluding hydrogens is 504 g/mol. The Kier molecular flexibility index (Phi) is 8.22. The van der Waals surface area contributed by atoms with Gasteiger partial charge in [0.05, 0.1) is 10.4 Å². The zero-order valence-electron chi connectivity index (χ0n) is 19.4. The van der Waals surface area contributed by atoms with E-state index in [1.54, 1.807) is 30.4 Å². The lowest BCUT2D eigenvalue weighted by Crippen LogP contribution is -2.06. The second-order valence-corrected chi connectivity index (χ2v) is 10.8. The molecule has 35 heavy (non-hydrogen) atoms. The van der Waals surface area contributed by atoms with E-state index < -0.39 is 22.4 Å². The minimum atomic E-state index is -0.882. The Morgan fingerprint density at radius 2 is 1.74 bits per heavy atom. The summed E-state index contributed by atoms with van der Waals surface area (Å²) in [6.07, 6.45) is 5.20. The highest BCUT2D eigenvalue weighted by Crippen LogP contribution is 2.34. The van der Waals surface area contributed by atoms with Gasteiger partial charge in [-0.25, -0.2) is 8.78 Å². The Morgan fingerprint density at radius 3 is 2.40 bits per heavy atom. The van der Waals surface area contributed by atoms with Crippen LogP contribution in [0.4, 0.5) is 8.78 Å². The quantitative estimate of drug-likeness (QED) is 0.0840. The van der Waals surface area contributed by atoms with E-state index in [1.165, 1.54) is 39.6 Å². The SMILES string of the molecule is CCCCCc1cc2sc(C#Cc3ccc(-c4cc(F)c(/C(Cl)=N/O)c(F)c4CC)cc3)cc2s1. The van der Waals surface area contributed by atoms with E-state index in [4.69, 9.17) is 16.8 Å². The molecule has 0 fully saturated rings. The molecule has 0 unspecified atom stereocenters. The van der Waals surface area contributed by atoms with Crippen LogP contribution in [0.1, 0.15) is 59.6 Å². The van der Waals surface area contributed by atoms with Gasteiger partial charge < -0.3 is 5.21 Å². The van der Waals surface area contributed by atoms with E-state index in [9.17, 15) is 8.78 Å². The maximum atomic E-state index is 14.9. The van der Waals surface area contributed by atoms with Gasteiger partial charge in [-0.2, -0.15) is 0 Å². The molecule has 2 aromatic heterocycles. The lowest BCUT2D eigenvalue weighted by molar-refractivity contribution is 0.320. The predicted octanol–water partition coefficient (Wildman–Crippen LogP) is 8.98. The normalized spacial score (nSPS) is 11.6. The Morgan fingerprint density at radius 1 is 1.00 bits per heavy atom. The third kappa shape index (κ3) is 5.59. The summed E-state index contributed by atoms with van der Waals surface area (Å²) >= 11 is 9.25. The van der Waals surface area contributed by atoms with Crippen molar-refractivity contribution in [1.82, 2.24) is 0 Å². The first kappa shape index (κ1) is 25.4. The first-order valence-electron chi connectivity index (χ1n) is 11.5. The first-order chi connectivity index (χ1) is 16.9. The number of halogens is 3. The second-order valence-electron chi connectivity index (χ2n) is 8.15. The molecule has 0 saturated carbocycles. The summed E-state index contributed by atoms with van der Waals surface area (Å²) in [6.45, 7) is 3.99. The number of fused-ring (bicyclic) bond motifs is 1. The highest BCUT2D eigenvalue weighted by molar-refractivity contribution is 7.28. The molecule has 0 aliphatic heterocycles. The average Bonchev–Trinajstić information content (AvgIpc) is 3.41. The molecule has 180 valence electrons. The number of benzene rings is 2. The van der Waals surface area contributed by atoms with E-state index in [2.05, 4.69) is 36.1 Å². The number of aryl methyl sites for hydroxylation is 1. The van der Waals surface area contributed by atoms with Crippen LogP contribution in [0.3, 0.4) is 0 Å². The molecule has 0 aliphatic carbocycles. The smallest absolute Gasteiger partial charge is 0.181 e. The Bertz CT molecular complexity index is 1410. The van der Waals surface area contributed by atoms with Crippen molar-refractivity contribution in [3.63, 3.8) is 0 Å². The van der Waals surface area contributed by atoms with Crippen LogP contribution in [0.15, 0.2) is 47.6 Å². The fraction of sp³-hybridized carbons (Fsp3) is 0.250. The number of hydrogen-bond donors (Lipinski definition) is 1. The largest absolute Gasteiger partial charge is 0.410 e. The van der Waals surface area contributed by atoms with Gasteiger partial charge >= 0.3 is 0 Å². The van der Waals surface area contributed by atoms with Crippen LogP contribution in [0.5, 0.6) is 0 Å². The highest BCUT2D eigenvalue weighted by atomic mass is 35.5. The van der Waals surface area contributed by atoms with Gasteiger partial charge in [0, 0.05) is 19.8 Å². The van der Waals surface area contributed by atoms with Gasteiger partial charge in [0.15, 0.2) is 5.17 Å². The number of oxime groups is 1. The molecular formula is C28H24ClF2NOS2. The van der Waals surface area contributed by atoms with Crippen LogP contribution in [-0.2, 0) is 12.8 Å². The Hall–Kier alpha value is -2.72.